The standard InChI is InChI=1S/C14H17N/c1-10-7-8-14(15)13(9-10)12-6-4-3-5-11(12)2/h3-9,11-12H,15H2,1-2H3. The third-order valence-electron chi connectivity index (χ3n) is 3.01. The summed E-state index contributed by atoms with van der Waals surface area (Å²) < 4.78 is 0. The van der Waals surface area contributed by atoms with Gasteiger partial charge in [-0.3, -0.25) is 0 Å². The normalized spacial score (nSPS) is 24.4. The van der Waals surface area contributed by atoms with E-state index < -0.39 is 0 Å². The molecule has 0 amide bonds. The Morgan fingerprint density at radius 3 is 2.60 bits per heavy atom. The summed E-state index contributed by atoms with van der Waals surface area (Å²) in [6.45, 7) is 4.34. The molecule has 0 fully saturated rings. The van der Waals surface area contributed by atoms with Gasteiger partial charge in [0.05, 0.1) is 0 Å². The summed E-state index contributed by atoms with van der Waals surface area (Å²) >= 11 is 0. The second kappa shape index (κ2) is 3.93. The van der Waals surface area contributed by atoms with Crippen molar-refractivity contribution in [3.8, 4) is 0 Å². The summed E-state index contributed by atoms with van der Waals surface area (Å²) in [6.07, 6.45) is 8.67. The highest BCUT2D eigenvalue weighted by molar-refractivity contribution is 5.52. The number of rotatable bonds is 1. The summed E-state index contributed by atoms with van der Waals surface area (Å²) in [5.74, 6) is 0.953. The van der Waals surface area contributed by atoms with Crippen molar-refractivity contribution in [2.24, 2.45) is 5.92 Å². The lowest BCUT2D eigenvalue weighted by molar-refractivity contribution is 0.636. The van der Waals surface area contributed by atoms with E-state index in [1.54, 1.807) is 0 Å². The van der Waals surface area contributed by atoms with Gasteiger partial charge in [-0.1, -0.05) is 48.9 Å². The van der Waals surface area contributed by atoms with E-state index in [-0.39, 0.29) is 0 Å². The molecule has 1 aliphatic rings. The van der Waals surface area contributed by atoms with Crippen LogP contribution >= 0.6 is 0 Å². The zero-order chi connectivity index (χ0) is 10.8. The molecule has 0 aliphatic heterocycles. The van der Waals surface area contributed by atoms with Gasteiger partial charge in [0.1, 0.15) is 0 Å². The molecule has 1 aromatic rings. The summed E-state index contributed by atoms with van der Waals surface area (Å²) in [6, 6.07) is 6.26. The SMILES string of the molecule is Cc1ccc(N)c(C2C=CC=CC2C)c1. The van der Waals surface area contributed by atoms with Crippen molar-refractivity contribution in [2.75, 3.05) is 5.73 Å². The number of allylic oxidation sites excluding steroid dienone is 4. The molecular formula is C14H17N. The van der Waals surface area contributed by atoms with Gasteiger partial charge in [0.15, 0.2) is 0 Å². The number of nitrogens with two attached hydrogens (primary N) is 1. The number of hydrogen-bond acceptors (Lipinski definition) is 1. The molecule has 0 aromatic heterocycles. The summed E-state index contributed by atoms with van der Waals surface area (Å²) in [5, 5.41) is 0. The number of hydrogen-bond donors (Lipinski definition) is 1. The Bertz CT molecular complexity index is 415. The van der Waals surface area contributed by atoms with Crippen LogP contribution in [0.3, 0.4) is 0 Å². The maximum absolute atomic E-state index is 6.02. The number of benzene rings is 1. The van der Waals surface area contributed by atoms with E-state index in [1.807, 2.05) is 6.07 Å². The highest BCUT2D eigenvalue weighted by atomic mass is 14.6. The third kappa shape index (κ3) is 1.96. The Kier molecular flexibility index (Phi) is 2.63. The monoisotopic (exact) mass is 199 g/mol. The number of nitrogen functional groups attached to an aromatic ring is 1. The lowest BCUT2D eigenvalue weighted by atomic mass is 9.83. The first-order chi connectivity index (χ1) is 7.18. The fourth-order valence-electron chi connectivity index (χ4n) is 2.09. The Labute approximate surface area is 91.3 Å². The largest absolute Gasteiger partial charge is 0.398 e. The summed E-state index contributed by atoms with van der Waals surface area (Å²) in [7, 11) is 0. The van der Waals surface area contributed by atoms with Crippen LogP contribution in [0.4, 0.5) is 5.69 Å². The molecular weight excluding hydrogens is 182 g/mol. The van der Waals surface area contributed by atoms with E-state index in [0.29, 0.717) is 11.8 Å². The van der Waals surface area contributed by atoms with Crippen LogP contribution in [0.15, 0.2) is 42.5 Å². The Morgan fingerprint density at radius 2 is 1.87 bits per heavy atom. The van der Waals surface area contributed by atoms with Crippen molar-refractivity contribution in [3.05, 3.63) is 53.6 Å². The molecule has 0 spiro atoms. The van der Waals surface area contributed by atoms with Crippen LogP contribution in [0, 0.1) is 12.8 Å². The average Bonchev–Trinajstić information content (AvgIpc) is 2.23. The molecule has 1 aromatic carbocycles. The molecule has 1 aliphatic carbocycles. The molecule has 0 saturated carbocycles. The van der Waals surface area contributed by atoms with E-state index in [1.165, 1.54) is 11.1 Å². The van der Waals surface area contributed by atoms with Crippen molar-refractivity contribution in [3.63, 3.8) is 0 Å². The van der Waals surface area contributed by atoms with Crippen LogP contribution < -0.4 is 5.73 Å². The fourth-order valence-corrected chi connectivity index (χ4v) is 2.09. The molecule has 1 nitrogen and oxygen atoms in total. The van der Waals surface area contributed by atoms with E-state index in [9.17, 15) is 0 Å². The quantitative estimate of drug-likeness (QED) is 0.689. The van der Waals surface area contributed by atoms with Gasteiger partial charge in [-0.15, -0.1) is 0 Å². The lowest BCUT2D eigenvalue weighted by Gasteiger charge is -2.22. The Balaban J connectivity index is 2.40. The zero-order valence-corrected chi connectivity index (χ0v) is 9.27. The maximum atomic E-state index is 6.02. The fraction of sp³-hybridized carbons (Fsp3) is 0.286. The first kappa shape index (κ1) is 10.0. The molecule has 2 unspecified atom stereocenters. The van der Waals surface area contributed by atoms with Crippen molar-refractivity contribution in [1.82, 2.24) is 0 Å². The Hall–Kier alpha value is -1.50. The zero-order valence-electron chi connectivity index (χ0n) is 9.27. The van der Waals surface area contributed by atoms with Crippen LogP contribution in [0.2, 0.25) is 0 Å². The summed E-state index contributed by atoms with van der Waals surface area (Å²) in [5.41, 5.74) is 9.45. The van der Waals surface area contributed by atoms with Gasteiger partial charge >= 0.3 is 0 Å². The molecule has 1 heteroatoms. The topological polar surface area (TPSA) is 26.0 Å². The molecule has 2 atom stereocenters. The van der Waals surface area contributed by atoms with Gasteiger partial charge in [-0.05, 0) is 24.5 Å². The molecule has 2 N–H and O–H groups in total. The molecule has 2 rings (SSSR count). The van der Waals surface area contributed by atoms with E-state index in [0.717, 1.165) is 5.69 Å². The summed E-state index contributed by atoms with van der Waals surface area (Å²) in [4.78, 5) is 0. The van der Waals surface area contributed by atoms with Crippen LogP contribution in [-0.4, -0.2) is 0 Å². The highest BCUT2D eigenvalue weighted by Gasteiger charge is 2.18. The van der Waals surface area contributed by atoms with Crippen LogP contribution in [0.1, 0.15) is 24.0 Å². The molecule has 0 radical (unpaired) electrons. The molecule has 78 valence electrons. The molecule has 0 bridgehead atoms. The van der Waals surface area contributed by atoms with Gasteiger partial charge in [0, 0.05) is 11.6 Å². The van der Waals surface area contributed by atoms with Crippen LogP contribution in [-0.2, 0) is 0 Å². The molecule has 0 heterocycles. The smallest absolute Gasteiger partial charge is 0.0353 e. The van der Waals surface area contributed by atoms with Gasteiger partial charge in [-0.25, -0.2) is 0 Å². The minimum Gasteiger partial charge on any atom is -0.398 e. The first-order valence-electron chi connectivity index (χ1n) is 5.39. The molecule has 0 saturated heterocycles. The second-order valence-corrected chi connectivity index (χ2v) is 4.29. The third-order valence-corrected chi connectivity index (χ3v) is 3.01. The van der Waals surface area contributed by atoms with E-state index in [4.69, 9.17) is 5.73 Å². The van der Waals surface area contributed by atoms with Gasteiger partial charge in [0.25, 0.3) is 0 Å². The van der Waals surface area contributed by atoms with Gasteiger partial charge < -0.3 is 5.73 Å². The van der Waals surface area contributed by atoms with Gasteiger partial charge in [-0.2, -0.15) is 0 Å². The highest BCUT2D eigenvalue weighted by Crippen LogP contribution is 2.33. The lowest BCUT2D eigenvalue weighted by Crippen LogP contribution is -2.09. The maximum Gasteiger partial charge on any atom is 0.0353 e. The van der Waals surface area contributed by atoms with Crippen molar-refractivity contribution < 1.29 is 0 Å². The van der Waals surface area contributed by atoms with Crippen LogP contribution in [0.5, 0.6) is 0 Å². The van der Waals surface area contributed by atoms with Crippen molar-refractivity contribution in [1.29, 1.82) is 0 Å². The van der Waals surface area contributed by atoms with Gasteiger partial charge in [0.2, 0.25) is 0 Å². The Morgan fingerprint density at radius 1 is 1.13 bits per heavy atom. The number of aryl methyl sites for hydroxylation is 1. The van der Waals surface area contributed by atoms with Crippen LogP contribution in [0.25, 0.3) is 0 Å². The van der Waals surface area contributed by atoms with E-state index >= 15 is 0 Å². The van der Waals surface area contributed by atoms with Crippen molar-refractivity contribution >= 4 is 5.69 Å². The van der Waals surface area contributed by atoms with Crippen molar-refractivity contribution in [2.45, 2.75) is 19.8 Å². The first-order valence-corrected chi connectivity index (χ1v) is 5.39. The second-order valence-electron chi connectivity index (χ2n) is 4.29. The average molecular weight is 199 g/mol. The predicted molar refractivity (Wildman–Crippen MR) is 65.8 cm³/mol. The molecule has 15 heavy (non-hydrogen) atoms. The minimum atomic E-state index is 0.426. The minimum absolute atomic E-state index is 0.426. The van der Waals surface area contributed by atoms with E-state index in [2.05, 4.69) is 50.3 Å². The number of anilines is 1. The predicted octanol–water partition coefficient (Wildman–Crippen LogP) is 3.42.